The van der Waals surface area contributed by atoms with Gasteiger partial charge in [0.05, 0.1) is 5.00 Å². The first kappa shape index (κ1) is 13.2. The van der Waals surface area contributed by atoms with E-state index < -0.39 is 23.5 Å². The maximum Gasteiger partial charge on any atom is 0.345 e. The molecular weight excluding hydrogens is 276 g/mol. The fraction of sp³-hybridized carbons (Fsp3) is 0. The van der Waals surface area contributed by atoms with Crippen LogP contribution in [-0.2, 0) is 0 Å². The second-order valence-electron chi connectivity index (χ2n) is 3.58. The Morgan fingerprint density at radius 3 is 2.26 bits per heavy atom. The Morgan fingerprint density at radius 1 is 1.11 bits per heavy atom. The van der Waals surface area contributed by atoms with E-state index in [1.807, 2.05) is 0 Å². The number of halogens is 2. The van der Waals surface area contributed by atoms with Gasteiger partial charge in [-0.15, -0.1) is 11.3 Å². The average Bonchev–Trinajstić information content (AvgIpc) is 2.76. The third-order valence-electron chi connectivity index (χ3n) is 2.18. The number of carbonyl (C=O) groups excluding carboxylic acids is 1. The molecule has 7 heteroatoms. The van der Waals surface area contributed by atoms with E-state index >= 15 is 0 Å². The minimum atomic E-state index is -1.11. The van der Waals surface area contributed by atoms with Crippen molar-refractivity contribution in [2.75, 3.05) is 5.32 Å². The third kappa shape index (κ3) is 3.14. The number of hydrogen-bond acceptors (Lipinski definition) is 3. The molecule has 0 saturated heterocycles. The molecule has 1 amide bonds. The highest BCUT2D eigenvalue weighted by molar-refractivity contribution is 7.18. The molecular formula is C12H7F2NO3S. The van der Waals surface area contributed by atoms with E-state index in [1.54, 1.807) is 0 Å². The molecule has 0 radical (unpaired) electrons. The first-order valence-electron chi connectivity index (χ1n) is 5.06. The normalized spacial score (nSPS) is 10.2. The summed E-state index contributed by atoms with van der Waals surface area (Å²) in [6.45, 7) is 0. The quantitative estimate of drug-likeness (QED) is 0.910. The summed E-state index contributed by atoms with van der Waals surface area (Å²) >= 11 is 0.853. The van der Waals surface area contributed by atoms with Crippen molar-refractivity contribution in [1.82, 2.24) is 0 Å². The summed E-state index contributed by atoms with van der Waals surface area (Å²) in [4.78, 5) is 22.4. The molecule has 2 N–H and O–H groups in total. The van der Waals surface area contributed by atoms with E-state index in [2.05, 4.69) is 5.32 Å². The standard InChI is InChI=1S/C12H7F2NO3S/c13-7-3-6(4-8(14)5-7)11(16)15-10-2-1-9(19-10)12(17)18/h1-5H,(H,15,16)(H,17,18). The second-order valence-corrected chi connectivity index (χ2v) is 4.67. The number of benzene rings is 1. The van der Waals surface area contributed by atoms with E-state index in [0.29, 0.717) is 6.07 Å². The summed E-state index contributed by atoms with van der Waals surface area (Å²) < 4.78 is 25.9. The topological polar surface area (TPSA) is 66.4 Å². The Bertz CT molecular complexity index is 634. The summed E-state index contributed by atoms with van der Waals surface area (Å²) in [5, 5.41) is 11.4. The van der Waals surface area contributed by atoms with Crippen molar-refractivity contribution in [2.45, 2.75) is 0 Å². The highest BCUT2D eigenvalue weighted by atomic mass is 32.1. The van der Waals surface area contributed by atoms with Gasteiger partial charge in [0.1, 0.15) is 16.5 Å². The summed E-state index contributed by atoms with van der Waals surface area (Å²) in [5.41, 5.74) is -0.178. The molecule has 0 spiro atoms. The first-order chi connectivity index (χ1) is 8.95. The van der Waals surface area contributed by atoms with Gasteiger partial charge >= 0.3 is 5.97 Å². The molecule has 0 saturated carbocycles. The molecule has 4 nitrogen and oxygen atoms in total. The Labute approximate surface area is 110 Å². The number of anilines is 1. The van der Waals surface area contributed by atoms with Gasteiger partial charge in [-0.25, -0.2) is 13.6 Å². The smallest absolute Gasteiger partial charge is 0.345 e. The van der Waals surface area contributed by atoms with Gasteiger partial charge in [0.15, 0.2) is 0 Å². The van der Waals surface area contributed by atoms with Gasteiger partial charge in [-0.1, -0.05) is 0 Å². The first-order valence-corrected chi connectivity index (χ1v) is 5.88. The van der Waals surface area contributed by atoms with Crippen molar-refractivity contribution >= 4 is 28.2 Å². The number of amides is 1. The van der Waals surface area contributed by atoms with Crippen LogP contribution in [0.5, 0.6) is 0 Å². The molecule has 0 atom stereocenters. The second kappa shape index (κ2) is 5.15. The number of nitrogens with one attached hydrogen (secondary N) is 1. The summed E-state index contributed by atoms with van der Waals surface area (Å²) in [7, 11) is 0. The maximum absolute atomic E-state index is 12.9. The Kier molecular flexibility index (Phi) is 3.57. The van der Waals surface area contributed by atoms with Gasteiger partial charge in [-0.05, 0) is 24.3 Å². The van der Waals surface area contributed by atoms with E-state index in [1.165, 1.54) is 12.1 Å². The molecule has 19 heavy (non-hydrogen) atoms. The molecule has 1 aromatic carbocycles. The molecule has 0 unspecified atom stereocenters. The van der Waals surface area contributed by atoms with Gasteiger partial charge in [0.2, 0.25) is 0 Å². The van der Waals surface area contributed by atoms with Crippen LogP contribution in [0.2, 0.25) is 0 Å². The van der Waals surface area contributed by atoms with Crippen molar-refractivity contribution in [2.24, 2.45) is 0 Å². The lowest BCUT2D eigenvalue weighted by Gasteiger charge is -2.02. The zero-order valence-corrected chi connectivity index (χ0v) is 10.1. The van der Waals surface area contributed by atoms with Crippen LogP contribution in [-0.4, -0.2) is 17.0 Å². The molecule has 2 rings (SSSR count). The molecule has 0 aliphatic heterocycles. The van der Waals surface area contributed by atoms with E-state index in [4.69, 9.17) is 5.11 Å². The molecule has 98 valence electrons. The van der Waals surface area contributed by atoms with E-state index in [-0.39, 0.29) is 15.4 Å². The highest BCUT2D eigenvalue weighted by Crippen LogP contribution is 2.22. The van der Waals surface area contributed by atoms with Crippen LogP contribution in [0.4, 0.5) is 13.8 Å². The number of carbonyl (C=O) groups is 2. The Hall–Kier alpha value is -2.28. The lowest BCUT2D eigenvalue weighted by atomic mass is 10.2. The molecule has 0 aliphatic rings. The maximum atomic E-state index is 12.9. The lowest BCUT2D eigenvalue weighted by molar-refractivity contribution is 0.0702. The molecule has 0 bridgehead atoms. The number of thiophene rings is 1. The SMILES string of the molecule is O=C(Nc1ccc(C(=O)O)s1)c1cc(F)cc(F)c1. The van der Waals surface area contributed by atoms with Gasteiger partial charge in [0, 0.05) is 11.6 Å². The molecule has 0 aliphatic carbocycles. The number of carboxylic acids is 1. The third-order valence-corrected chi connectivity index (χ3v) is 3.17. The molecule has 2 aromatic rings. The molecule has 1 aromatic heterocycles. The number of aromatic carboxylic acids is 1. The van der Waals surface area contributed by atoms with Crippen molar-refractivity contribution in [3.05, 3.63) is 52.4 Å². The van der Waals surface area contributed by atoms with Crippen LogP contribution in [0.25, 0.3) is 0 Å². The summed E-state index contributed by atoms with van der Waals surface area (Å²) in [5.74, 6) is -3.54. The minimum absolute atomic E-state index is 0.0562. The summed E-state index contributed by atoms with van der Waals surface area (Å²) in [6.07, 6.45) is 0. The van der Waals surface area contributed by atoms with Crippen LogP contribution in [0.3, 0.4) is 0 Å². The fourth-order valence-electron chi connectivity index (χ4n) is 1.39. The van der Waals surface area contributed by atoms with Crippen LogP contribution in [0.1, 0.15) is 20.0 Å². The van der Waals surface area contributed by atoms with Gasteiger partial charge in [-0.2, -0.15) is 0 Å². The van der Waals surface area contributed by atoms with E-state index in [0.717, 1.165) is 23.5 Å². The number of hydrogen-bond donors (Lipinski definition) is 2. The van der Waals surface area contributed by atoms with Crippen molar-refractivity contribution in [1.29, 1.82) is 0 Å². The number of rotatable bonds is 3. The largest absolute Gasteiger partial charge is 0.477 e. The zero-order valence-electron chi connectivity index (χ0n) is 9.31. The van der Waals surface area contributed by atoms with E-state index in [9.17, 15) is 18.4 Å². The monoisotopic (exact) mass is 283 g/mol. The predicted molar refractivity (Wildman–Crippen MR) is 65.6 cm³/mol. The average molecular weight is 283 g/mol. The van der Waals surface area contributed by atoms with Gasteiger partial charge < -0.3 is 10.4 Å². The predicted octanol–water partition coefficient (Wildman–Crippen LogP) is 2.98. The van der Waals surface area contributed by atoms with Gasteiger partial charge in [0.25, 0.3) is 5.91 Å². The highest BCUT2D eigenvalue weighted by Gasteiger charge is 2.12. The van der Waals surface area contributed by atoms with Crippen LogP contribution in [0.15, 0.2) is 30.3 Å². The summed E-state index contributed by atoms with van der Waals surface area (Å²) in [6, 6.07) is 5.18. The van der Waals surface area contributed by atoms with Crippen LogP contribution < -0.4 is 5.32 Å². The van der Waals surface area contributed by atoms with Gasteiger partial charge in [-0.3, -0.25) is 4.79 Å². The fourth-order valence-corrected chi connectivity index (χ4v) is 2.13. The Balaban J connectivity index is 2.18. The Morgan fingerprint density at radius 2 is 1.74 bits per heavy atom. The molecule has 0 fully saturated rings. The van der Waals surface area contributed by atoms with Crippen LogP contribution >= 0.6 is 11.3 Å². The minimum Gasteiger partial charge on any atom is -0.477 e. The zero-order chi connectivity index (χ0) is 14.0. The van der Waals surface area contributed by atoms with Crippen LogP contribution in [0, 0.1) is 11.6 Å². The van der Waals surface area contributed by atoms with Crippen molar-refractivity contribution in [3.8, 4) is 0 Å². The van der Waals surface area contributed by atoms with Crippen molar-refractivity contribution < 1.29 is 23.5 Å². The molecule has 1 heterocycles. The lowest BCUT2D eigenvalue weighted by Crippen LogP contribution is -2.11. The number of carboxylic acid groups (broad SMARTS) is 1. The van der Waals surface area contributed by atoms with Crippen molar-refractivity contribution in [3.63, 3.8) is 0 Å².